The topological polar surface area (TPSA) is 29.5 Å². The lowest BCUT2D eigenvalue weighted by atomic mass is 9.98. The molecule has 1 N–H and O–H groups in total. The number of rotatable bonds is 6. The van der Waals surface area contributed by atoms with Crippen LogP contribution >= 0.6 is 0 Å². The van der Waals surface area contributed by atoms with Crippen LogP contribution in [0.1, 0.15) is 24.5 Å². The molecule has 0 amide bonds. The summed E-state index contributed by atoms with van der Waals surface area (Å²) in [4.78, 5) is 0. The number of aliphatic hydroxyl groups excluding tert-OH is 1. The summed E-state index contributed by atoms with van der Waals surface area (Å²) < 4.78 is 5.15. The Bertz CT molecular complexity index is 284. The summed E-state index contributed by atoms with van der Waals surface area (Å²) in [5.41, 5.74) is 2.59. The van der Waals surface area contributed by atoms with E-state index in [2.05, 4.69) is 25.1 Å². The second kappa shape index (κ2) is 6.59. The second-order valence-electron chi connectivity index (χ2n) is 4.03. The van der Waals surface area contributed by atoms with Crippen molar-refractivity contribution in [2.75, 3.05) is 13.7 Å². The largest absolute Gasteiger partial charge is 0.396 e. The molecule has 0 aliphatic rings. The fraction of sp³-hybridized carbons (Fsp3) is 0.538. The Morgan fingerprint density at radius 3 is 2.53 bits per heavy atom. The summed E-state index contributed by atoms with van der Waals surface area (Å²) in [7, 11) is 1.72. The Labute approximate surface area is 91.9 Å². The van der Waals surface area contributed by atoms with Crippen molar-refractivity contribution in [1.29, 1.82) is 0 Å². The first-order chi connectivity index (χ1) is 7.27. The molecule has 0 saturated carbocycles. The summed E-state index contributed by atoms with van der Waals surface area (Å²) in [5.74, 6) is 0.376. The van der Waals surface area contributed by atoms with E-state index in [1.54, 1.807) is 7.11 Å². The van der Waals surface area contributed by atoms with E-state index in [4.69, 9.17) is 9.84 Å². The number of aryl methyl sites for hydroxylation is 1. The van der Waals surface area contributed by atoms with Gasteiger partial charge in [-0.1, -0.05) is 31.2 Å². The molecule has 2 nitrogen and oxygen atoms in total. The van der Waals surface area contributed by atoms with E-state index >= 15 is 0 Å². The quantitative estimate of drug-likeness (QED) is 0.778. The van der Waals surface area contributed by atoms with Crippen LogP contribution in [0.4, 0.5) is 0 Å². The van der Waals surface area contributed by atoms with E-state index in [1.165, 1.54) is 11.1 Å². The monoisotopic (exact) mass is 208 g/mol. The maximum atomic E-state index is 8.96. The highest BCUT2D eigenvalue weighted by Crippen LogP contribution is 2.14. The van der Waals surface area contributed by atoms with Crippen LogP contribution in [0.5, 0.6) is 0 Å². The van der Waals surface area contributed by atoms with Crippen LogP contribution in [0.25, 0.3) is 0 Å². The molecule has 0 bridgehead atoms. The first-order valence-electron chi connectivity index (χ1n) is 5.44. The van der Waals surface area contributed by atoms with Gasteiger partial charge in [0.15, 0.2) is 0 Å². The molecule has 0 aliphatic carbocycles. The molecule has 1 aromatic rings. The predicted octanol–water partition coefficient (Wildman–Crippen LogP) is 2.39. The number of hydrogen-bond donors (Lipinski definition) is 1. The predicted molar refractivity (Wildman–Crippen MR) is 61.7 cm³/mol. The summed E-state index contributed by atoms with van der Waals surface area (Å²) in [6, 6.07) is 8.33. The fourth-order valence-electron chi connectivity index (χ4n) is 1.59. The Hall–Kier alpha value is -0.860. The third kappa shape index (κ3) is 4.02. The molecular formula is C13H20O2. The van der Waals surface area contributed by atoms with Crippen LogP contribution < -0.4 is 0 Å². The summed E-state index contributed by atoms with van der Waals surface area (Å²) >= 11 is 0. The van der Waals surface area contributed by atoms with Crippen LogP contribution in [0.15, 0.2) is 24.3 Å². The van der Waals surface area contributed by atoms with Crippen molar-refractivity contribution in [1.82, 2.24) is 0 Å². The summed E-state index contributed by atoms with van der Waals surface area (Å²) in [6.45, 7) is 3.01. The lowest BCUT2D eigenvalue weighted by Gasteiger charge is -2.11. The molecule has 0 aromatic heterocycles. The van der Waals surface area contributed by atoms with Gasteiger partial charge < -0.3 is 9.84 Å². The zero-order valence-electron chi connectivity index (χ0n) is 9.57. The zero-order chi connectivity index (χ0) is 11.1. The first-order valence-corrected chi connectivity index (χ1v) is 5.44. The standard InChI is InChI=1S/C13H20O2/c1-11(9-14)7-8-12-5-3-4-6-13(12)10-15-2/h3-6,11,14H,7-10H2,1-2H3. The minimum Gasteiger partial charge on any atom is -0.396 e. The number of benzene rings is 1. The molecular weight excluding hydrogens is 188 g/mol. The molecule has 2 heteroatoms. The zero-order valence-corrected chi connectivity index (χ0v) is 9.57. The number of methoxy groups -OCH3 is 1. The van der Waals surface area contributed by atoms with Gasteiger partial charge in [-0.2, -0.15) is 0 Å². The average Bonchev–Trinajstić information content (AvgIpc) is 2.28. The minimum atomic E-state index is 0.270. The molecule has 0 radical (unpaired) electrons. The highest BCUT2D eigenvalue weighted by atomic mass is 16.5. The van der Waals surface area contributed by atoms with E-state index in [0.29, 0.717) is 12.5 Å². The lowest BCUT2D eigenvalue weighted by Crippen LogP contribution is -2.04. The molecule has 1 rings (SSSR count). The van der Waals surface area contributed by atoms with Crippen molar-refractivity contribution < 1.29 is 9.84 Å². The van der Waals surface area contributed by atoms with Crippen LogP contribution in [-0.4, -0.2) is 18.8 Å². The highest BCUT2D eigenvalue weighted by Gasteiger charge is 2.04. The SMILES string of the molecule is COCc1ccccc1CCC(C)CO. The molecule has 0 heterocycles. The van der Waals surface area contributed by atoms with Crippen molar-refractivity contribution in [2.45, 2.75) is 26.4 Å². The van der Waals surface area contributed by atoms with Gasteiger partial charge >= 0.3 is 0 Å². The third-order valence-electron chi connectivity index (χ3n) is 2.64. The molecule has 1 aromatic carbocycles. The van der Waals surface area contributed by atoms with Gasteiger partial charge in [0.25, 0.3) is 0 Å². The normalized spacial score (nSPS) is 12.7. The van der Waals surface area contributed by atoms with Gasteiger partial charge in [-0.25, -0.2) is 0 Å². The van der Waals surface area contributed by atoms with E-state index in [9.17, 15) is 0 Å². The van der Waals surface area contributed by atoms with Gasteiger partial charge in [-0.3, -0.25) is 0 Å². The van der Waals surface area contributed by atoms with Crippen molar-refractivity contribution in [3.8, 4) is 0 Å². The maximum Gasteiger partial charge on any atom is 0.0715 e. The summed E-state index contributed by atoms with van der Waals surface area (Å²) in [5, 5.41) is 8.96. The Morgan fingerprint density at radius 1 is 1.27 bits per heavy atom. The molecule has 1 atom stereocenters. The molecule has 1 unspecified atom stereocenters. The fourth-order valence-corrected chi connectivity index (χ4v) is 1.59. The second-order valence-corrected chi connectivity index (χ2v) is 4.03. The van der Waals surface area contributed by atoms with E-state index in [-0.39, 0.29) is 6.61 Å². The Kier molecular flexibility index (Phi) is 5.37. The third-order valence-corrected chi connectivity index (χ3v) is 2.64. The van der Waals surface area contributed by atoms with E-state index in [0.717, 1.165) is 12.8 Å². The molecule has 0 saturated heterocycles. The molecule has 0 fully saturated rings. The van der Waals surface area contributed by atoms with Crippen molar-refractivity contribution in [2.24, 2.45) is 5.92 Å². The van der Waals surface area contributed by atoms with E-state index in [1.807, 2.05) is 6.07 Å². The maximum absolute atomic E-state index is 8.96. The van der Waals surface area contributed by atoms with Crippen LogP contribution in [0.2, 0.25) is 0 Å². The van der Waals surface area contributed by atoms with Gasteiger partial charge in [0.2, 0.25) is 0 Å². The van der Waals surface area contributed by atoms with Crippen LogP contribution in [0, 0.1) is 5.92 Å². The number of hydrogen-bond acceptors (Lipinski definition) is 2. The van der Waals surface area contributed by atoms with Crippen LogP contribution in [0.3, 0.4) is 0 Å². The van der Waals surface area contributed by atoms with Crippen molar-refractivity contribution >= 4 is 0 Å². The molecule has 0 spiro atoms. The van der Waals surface area contributed by atoms with Gasteiger partial charge in [-0.15, -0.1) is 0 Å². The van der Waals surface area contributed by atoms with Gasteiger partial charge in [-0.05, 0) is 29.9 Å². The van der Waals surface area contributed by atoms with E-state index < -0.39 is 0 Å². The molecule has 15 heavy (non-hydrogen) atoms. The lowest BCUT2D eigenvalue weighted by molar-refractivity contribution is 0.184. The van der Waals surface area contributed by atoms with Crippen LogP contribution in [-0.2, 0) is 17.8 Å². The average molecular weight is 208 g/mol. The summed E-state index contributed by atoms with van der Waals surface area (Å²) in [6.07, 6.45) is 2.04. The first kappa shape index (κ1) is 12.2. The Morgan fingerprint density at radius 2 is 1.93 bits per heavy atom. The molecule has 84 valence electrons. The smallest absolute Gasteiger partial charge is 0.0715 e. The van der Waals surface area contributed by atoms with Gasteiger partial charge in [0.1, 0.15) is 0 Å². The molecule has 0 aliphatic heterocycles. The minimum absolute atomic E-state index is 0.270. The highest BCUT2D eigenvalue weighted by molar-refractivity contribution is 5.26. The van der Waals surface area contributed by atoms with Crippen molar-refractivity contribution in [3.63, 3.8) is 0 Å². The van der Waals surface area contributed by atoms with Gasteiger partial charge in [0.05, 0.1) is 6.61 Å². The Balaban J connectivity index is 2.58. The van der Waals surface area contributed by atoms with Gasteiger partial charge in [0, 0.05) is 13.7 Å². The van der Waals surface area contributed by atoms with Crippen molar-refractivity contribution in [3.05, 3.63) is 35.4 Å². The number of ether oxygens (including phenoxy) is 1. The number of aliphatic hydroxyl groups is 1.